The van der Waals surface area contributed by atoms with Crippen LogP contribution in [0.15, 0.2) is 485 Å². The quantitative estimate of drug-likeness (QED) is 0.135. The molecule has 0 amide bonds. The van der Waals surface area contributed by atoms with Crippen LogP contribution in [-0.2, 0) is 0 Å². The second-order valence-corrected chi connectivity index (χ2v) is 27.8. The Labute approximate surface area is 853 Å². The van der Waals surface area contributed by atoms with Crippen LogP contribution in [0.5, 0.6) is 0 Å². The molecule has 0 N–H and O–H groups in total. The highest BCUT2D eigenvalue weighted by Gasteiger charge is 2.25. The van der Waals surface area contributed by atoms with E-state index in [1.165, 1.54) is 0 Å². The summed E-state index contributed by atoms with van der Waals surface area (Å²) in [4.78, 5) is 0. The van der Waals surface area contributed by atoms with Crippen LogP contribution in [0.4, 0.5) is 0 Å². The van der Waals surface area contributed by atoms with Gasteiger partial charge in [-0.25, -0.2) is 0 Å². The highest BCUT2D eigenvalue weighted by Crippen LogP contribution is 2.51. The molecule has 24 aromatic carbocycles. The number of rotatable bonds is 9. The lowest BCUT2D eigenvalue weighted by Gasteiger charge is -2.19. The van der Waals surface area contributed by atoms with Crippen LogP contribution in [0.3, 0.4) is 0 Å². The predicted molar refractivity (Wildman–Crippen MR) is 548 cm³/mol. The van der Waals surface area contributed by atoms with E-state index < -0.39 is 734 Å². The molecule has 0 saturated heterocycles. The molecule has 0 atom stereocenters. The van der Waals surface area contributed by atoms with E-state index in [1.807, 2.05) is 0 Å². The summed E-state index contributed by atoms with van der Waals surface area (Å²) in [6, 6.07) is -70.6. The van der Waals surface area contributed by atoms with Crippen molar-refractivity contribution in [3.05, 3.63) is 471 Å². The third-order valence-electron chi connectivity index (χ3n) is 20.7. The molecule has 27 rings (SSSR count). The van der Waals surface area contributed by atoms with Crippen molar-refractivity contribution in [2.75, 3.05) is 0 Å². The molecule has 3 heteroatoms. The van der Waals surface area contributed by atoms with Crippen LogP contribution in [0.25, 0.3) is 263 Å². The number of hydrogen-bond acceptors (Lipinski definition) is 3. The van der Waals surface area contributed by atoms with Gasteiger partial charge in [0.05, 0.1) is 107 Å². The minimum Gasteiger partial charge on any atom is -0.456 e. The average molecular weight is 1720 g/mol. The van der Waals surface area contributed by atoms with E-state index in [-0.39, 0.29) is 0 Å². The molecule has 0 unspecified atom stereocenters. The molecule has 0 aliphatic carbocycles. The zero-order valence-electron chi connectivity index (χ0n) is 142. The van der Waals surface area contributed by atoms with Gasteiger partial charge in [0.15, 0.2) is 0 Å². The van der Waals surface area contributed by atoms with Gasteiger partial charge in [0, 0.05) is 32.3 Å². The Hall–Kier alpha value is -17.0. The molecule has 3 heterocycles. The minimum atomic E-state index is -1.05. The summed E-state index contributed by atoms with van der Waals surface area (Å²) in [7, 11) is 0. The first-order valence-electron chi connectivity index (χ1n) is 77.0. The van der Waals surface area contributed by atoms with Gasteiger partial charge >= 0.3 is 0 Å². The van der Waals surface area contributed by atoms with E-state index in [2.05, 4.69) is 0 Å². The van der Waals surface area contributed by atoms with Crippen LogP contribution < -0.4 is 0 Å². The van der Waals surface area contributed by atoms with Crippen LogP contribution >= 0.6 is 0 Å². The van der Waals surface area contributed by atoms with Crippen LogP contribution in [-0.4, -0.2) is 0 Å². The maximum atomic E-state index is 9.80. The number of furan rings is 3. The zero-order valence-corrected chi connectivity index (χ0v) is 64.2. The van der Waals surface area contributed by atoms with Gasteiger partial charge in [-0.05, 0) is 276 Å². The molecule has 3 aromatic heterocycles. The molecule has 0 aliphatic rings. The Morgan fingerprint density at radius 1 is 0.116 bits per heavy atom. The van der Waals surface area contributed by atoms with Crippen molar-refractivity contribution in [1.29, 1.82) is 0 Å². The molecule has 0 aliphatic heterocycles. The molecule has 129 heavy (non-hydrogen) atoms. The first kappa shape index (κ1) is 30.1. The summed E-state index contributed by atoms with van der Waals surface area (Å²) in [5.41, 5.74) is -17.2. The molecule has 0 fully saturated rings. The van der Waals surface area contributed by atoms with Crippen molar-refractivity contribution in [3.8, 4) is 100 Å². The van der Waals surface area contributed by atoms with E-state index >= 15 is 0 Å². The summed E-state index contributed by atoms with van der Waals surface area (Å²) in [6.45, 7) is 0. The third kappa shape index (κ3) is 12.9. The number of benzene rings is 24. The van der Waals surface area contributed by atoms with Crippen molar-refractivity contribution < 1.29 is 120 Å². The molecule has 3 nitrogen and oxygen atoms in total. The highest BCUT2D eigenvalue weighted by atomic mass is 16.3. The first-order chi connectivity index (χ1) is 96.5. The third-order valence-corrected chi connectivity index (χ3v) is 20.7. The average Bonchev–Trinajstić information content (AvgIpc) is 1.65. The molecule has 0 bridgehead atoms. The van der Waals surface area contributed by atoms with Gasteiger partial charge in [0.25, 0.3) is 0 Å². The number of hydrogen-bond donors (Lipinski definition) is 0. The SMILES string of the molecule is [2H]c1c([2H])c([2H])c(-c2c([2H])c([2H])c(-c3c4c([2H])c([2H])c([2H])c([2H])c4c(-c4c([2H])c([2H])c5oc6c([2H])c7c([2H])c([2H])c([2H])c([2H])c7c([2H])c6c5c4[2H])c4c([2H])c([2H])c([2H])c([2H])c34)c([2H])c2[2H])c([2H])c1[2H].[2H]c1c([2H])c([2H])c(-c2c([2H])c([2H])c([2H])c(-c3c4c([2H])c([2H])c([2H])c([2H])c4c(-c4c([2H])c([2H])c5oc6c([2H])c7c([2H])c([2H])c([2H])c([2H])c7c([2H])c6c5c4[2H])c4c([2H])c([2H])c([2H])c([2H])c34)c2[2H])c([2H])c1[2H].[2H]c1c([2H])c([2H])c(-c2c([2H])c([2H])c([2H])c([2H])c2-c2c3c([2H])c([2H])c([2H])c([2H])c3c(-c3c([2H])c([2H])c4oc5c([2H])c6c([2H])c([2H])c([2H])c([2H])c6c([2H])c5c4c3[2H])c3c([2H])c([2H])c([2H])c([2H])c23)c([2H])c1[2H]. The maximum absolute atomic E-state index is 9.80. The van der Waals surface area contributed by atoms with Gasteiger partial charge in [-0.3, -0.25) is 0 Å². The lowest BCUT2D eigenvalue weighted by Crippen LogP contribution is -1.92. The fraction of sp³-hybridized carbons (Fsp3) is 0. The van der Waals surface area contributed by atoms with Crippen molar-refractivity contribution in [2.24, 2.45) is 0 Å². The Bertz CT molecular complexity index is 14000. The lowest BCUT2D eigenvalue weighted by molar-refractivity contribution is 0.669. The van der Waals surface area contributed by atoms with Crippen LogP contribution in [0.2, 0.25) is 0 Å². The minimum absolute atomic E-state index is 0.433. The van der Waals surface area contributed by atoms with Gasteiger partial charge in [0.1, 0.15) is 33.5 Å². The summed E-state index contributed by atoms with van der Waals surface area (Å²) in [5, 5.41) is -14.4. The fourth-order valence-corrected chi connectivity index (χ4v) is 15.3. The smallest absolute Gasteiger partial charge is 0.136 e. The van der Waals surface area contributed by atoms with E-state index in [0.717, 1.165) is 0 Å². The van der Waals surface area contributed by atoms with E-state index in [4.69, 9.17) is 80.4 Å². The topological polar surface area (TPSA) is 39.4 Å². The van der Waals surface area contributed by atoms with Crippen molar-refractivity contribution >= 4 is 163 Å². The van der Waals surface area contributed by atoms with Crippen molar-refractivity contribution in [2.45, 2.75) is 0 Å². The fourth-order valence-electron chi connectivity index (χ4n) is 15.3. The molecule has 0 saturated carbocycles. The second kappa shape index (κ2) is 31.1. The van der Waals surface area contributed by atoms with Crippen molar-refractivity contribution in [1.82, 2.24) is 0 Å². The van der Waals surface area contributed by atoms with Crippen LogP contribution in [0.1, 0.15) is 107 Å². The zero-order chi connectivity index (χ0) is 153. The molecular weight excluding hydrogens is 1560 g/mol. The maximum Gasteiger partial charge on any atom is 0.136 e. The number of fused-ring (bicyclic) bond motifs is 18. The monoisotopic (exact) mass is 1720 g/mol. The van der Waals surface area contributed by atoms with Gasteiger partial charge in [-0.1, -0.05) is 393 Å². The molecule has 27 aromatic rings. The second-order valence-electron chi connectivity index (χ2n) is 27.8. The van der Waals surface area contributed by atoms with E-state index in [9.17, 15) is 39.8 Å². The lowest BCUT2D eigenvalue weighted by atomic mass is 9.83. The summed E-state index contributed by atoms with van der Waals surface area (Å²) in [5.74, 6) is 0. The Balaban J connectivity index is 0.000000149. The normalized spacial score (nSPS) is 20.2. The summed E-state index contributed by atoms with van der Waals surface area (Å²) >= 11 is 0. The summed E-state index contributed by atoms with van der Waals surface area (Å²) < 4.78 is 713. The van der Waals surface area contributed by atoms with Crippen molar-refractivity contribution in [3.63, 3.8) is 0 Å². The van der Waals surface area contributed by atoms with Gasteiger partial charge in [0.2, 0.25) is 0 Å². The Kier molecular flexibility index (Phi) is 7.26. The van der Waals surface area contributed by atoms with Gasteiger partial charge in [-0.2, -0.15) is 0 Å². The van der Waals surface area contributed by atoms with E-state index in [1.54, 1.807) is 0 Å². The molecule has 0 radical (unpaired) electrons. The molecular formula is C126H78O3. The van der Waals surface area contributed by atoms with Gasteiger partial charge < -0.3 is 13.3 Å². The van der Waals surface area contributed by atoms with Gasteiger partial charge in [-0.15, -0.1) is 0 Å². The predicted octanol–water partition coefficient (Wildman–Crippen LogP) is 36.1. The largest absolute Gasteiger partial charge is 0.456 e. The standard InChI is InChI=1S/3C42H26O/c1-2-11-27(12-3-1)28-15-10-16-31(23-28)41-33-17-6-8-19-35(33)42(36-20-9-7-18-34(36)41)32-21-22-39-37(25-32)38-24-29-13-4-5-14-30(29)26-40(38)43-39;1-2-10-27(11-3-1)28-18-20-29(21-19-28)41-33-14-6-8-16-35(33)42(36-17-9-7-15-34(36)41)32-22-23-39-37(25-32)38-24-30-12-4-5-13-31(30)26-40(38)43-39;1-2-12-27(13-3-1)31-16-6-7-17-32(31)42-35-20-10-8-18-33(35)41(34-19-9-11-21-36(34)42)30-22-23-39-37(25-30)38-24-28-14-4-5-15-29(28)26-40(38)43-39/h3*1-26H/i3*1D,2D,3D,4D,5D,6D,7D,8D,9D,10D,11D,12D,13D,14D,15D,16D,17D,18D,19D,20D,21D,22D,23D,24D,25D,26D. The highest BCUT2D eigenvalue weighted by molar-refractivity contribution is 6.27. The Morgan fingerprint density at radius 3 is 0.674 bits per heavy atom. The first-order valence-corrected chi connectivity index (χ1v) is 38.0. The molecule has 0 spiro atoms. The van der Waals surface area contributed by atoms with E-state index in [0.29, 0.717) is 0 Å². The molecule has 600 valence electrons. The van der Waals surface area contributed by atoms with Crippen LogP contribution in [0, 0.1) is 0 Å². The Morgan fingerprint density at radius 2 is 0.333 bits per heavy atom. The summed E-state index contributed by atoms with van der Waals surface area (Å²) in [6.07, 6.45) is 0.